The maximum Gasteiger partial charge on any atom is 0.225 e. The molecule has 0 aliphatic carbocycles. The Morgan fingerprint density at radius 2 is 2.29 bits per heavy atom. The van der Waals surface area contributed by atoms with E-state index in [0.29, 0.717) is 32.0 Å². The van der Waals surface area contributed by atoms with Gasteiger partial charge in [-0.05, 0) is 12.8 Å². The van der Waals surface area contributed by atoms with E-state index in [1.165, 1.54) is 0 Å². The second kappa shape index (κ2) is 6.32. The number of amides is 2. The fourth-order valence-corrected chi connectivity index (χ4v) is 2.95. The first-order chi connectivity index (χ1) is 9.82. The molecule has 120 valence electrons. The number of carbonyl (C=O) groups is 2. The van der Waals surface area contributed by atoms with Gasteiger partial charge in [-0.1, -0.05) is 13.8 Å². The zero-order valence-corrected chi connectivity index (χ0v) is 13.1. The van der Waals surface area contributed by atoms with Crippen molar-refractivity contribution in [2.24, 2.45) is 11.8 Å². The molecule has 0 saturated carbocycles. The van der Waals surface area contributed by atoms with Crippen molar-refractivity contribution in [3.8, 4) is 0 Å². The molecule has 3 unspecified atom stereocenters. The summed E-state index contributed by atoms with van der Waals surface area (Å²) >= 11 is 0. The summed E-state index contributed by atoms with van der Waals surface area (Å²) < 4.78 is 5.34. The molecule has 2 saturated heterocycles. The van der Waals surface area contributed by atoms with Crippen molar-refractivity contribution < 1.29 is 19.4 Å². The Kier molecular flexibility index (Phi) is 4.88. The number of hydrogen-bond donors (Lipinski definition) is 2. The summed E-state index contributed by atoms with van der Waals surface area (Å²) in [4.78, 5) is 25.8. The molecular formula is C15H26N2O4. The number of carbonyl (C=O) groups excluding carboxylic acids is 2. The van der Waals surface area contributed by atoms with Crippen LogP contribution >= 0.6 is 0 Å². The minimum Gasteiger partial charge on any atom is -0.385 e. The average Bonchev–Trinajstić information content (AvgIpc) is 2.92. The highest BCUT2D eigenvalue weighted by Gasteiger charge is 2.41. The van der Waals surface area contributed by atoms with E-state index >= 15 is 0 Å². The van der Waals surface area contributed by atoms with Crippen LogP contribution in [0.4, 0.5) is 0 Å². The van der Waals surface area contributed by atoms with Crippen LogP contribution in [0.5, 0.6) is 0 Å². The molecule has 3 atom stereocenters. The highest BCUT2D eigenvalue weighted by Crippen LogP contribution is 2.25. The van der Waals surface area contributed by atoms with Crippen LogP contribution in [0.1, 0.15) is 33.6 Å². The molecule has 2 amide bonds. The molecule has 0 aromatic heterocycles. The quantitative estimate of drug-likeness (QED) is 0.757. The molecule has 0 aromatic rings. The van der Waals surface area contributed by atoms with Gasteiger partial charge in [-0.25, -0.2) is 0 Å². The average molecular weight is 298 g/mol. The van der Waals surface area contributed by atoms with Gasteiger partial charge in [0.2, 0.25) is 11.8 Å². The molecule has 2 fully saturated rings. The molecule has 0 bridgehead atoms. The molecule has 2 rings (SSSR count). The summed E-state index contributed by atoms with van der Waals surface area (Å²) in [6.07, 6.45) is 0.515. The molecule has 2 heterocycles. The van der Waals surface area contributed by atoms with Gasteiger partial charge >= 0.3 is 0 Å². The van der Waals surface area contributed by atoms with E-state index in [1.54, 1.807) is 4.90 Å². The third-order valence-corrected chi connectivity index (χ3v) is 4.40. The van der Waals surface area contributed by atoms with Crippen LogP contribution in [-0.2, 0) is 14.3 Å². The lowest BCUT2D eigenvalue weighted by Crippen LogP contribution is -2.49. The fourth-order valence-electron chi connectivity index (χ4n) is 2.95. The largest absolute Gasteiger partial charge is 0.385 e. The third-order valence-electron chi connectivity index (χ3n) is 4.40. The van der Waals surface area contributed by atoms with E-state index in [1.807, 2.05) is 6.92 Å². The molecule has 0 spiro atoms. The summed E-state index contributed by atoms with van der Waals surface area (Å²) in [5.74, 6) is -0.0207. The summed E-state index contributed by atoms with van der Waals surface area (Å²) in [6, 6.07) is 0. The molecule has 2 aliphatic rings. The van der Waals surface area contributed by atoms with E-state index in [-0.39, 0.29) is 36.8 Å². The van der Waals surface area contributed by atoms with Crippen molar-refractivity contribution in [1.82, 2.24) is 10.2 Å². The highest BCUT2D eigenvalue weighted by molar-refractivity contribution is 5.89. The molecular weight excluding hydrogens is 272 g/mol. The van der Waals surface area contributed by atoms with Crippen LogP contribution in [-0.4, -0.2) is 59.8 Å². The van der Waals surface area contributed by atoms with Crippen molar-refractivity contribution in [2.75, 3.05) is 26.2 Å². The van der Waals surface area contributed by atoms with Crippen LogP contribution in [0.25, 0.3) is 0 Å². The van der Waals surface area contributed by atoms with Gasteiger partial charge in [0.05, 0.1) is 12.0 Å². The maximum absolute atomic E-state index is 12.2. The number of aliphatic hydroxyl groups is 1. The minimum absolute atomic E-state index is 0.0418. The lowest BCUT2D eigenvalue weighted by molar-refractivity contribution is -0.129. The Morgan fingerprint density at radius 3 is 2.86 bits per heavy atom. The van der Waals surface area contributed by atoms with Crippen LogP contribution in [0, 0.1) is 11.8 Å². The molecule has 21 heavy (non-hydrogen) atoms. The molecule has 6 nitrogen and oxygen atoms in total. The van der Waals surface area contributed by atoms with Crippen LogP contribution in [0.2, 0.25) is 0 Å². The summed E-state index contributed by atoms with van der Waals surface area (Å²) in [5, 5.41) is 13.1. The van der Waals surface area contributed by atoms with Gasteiger partial charge < -0.3 is 20.1 Å². The molecule has 0 aromatic carbocycles. The molecule has 2 N–H and O–H groups in total. The van der Waals surface area contributed by atoms with Crippen molar-refractivity contribution in [1.29, 1.82) is 0 Å². The summed E-state index contributed by atoms with van der Waals surface area (Å²) in [6.45, 7) is 7.78. The Balaban J connectivity index is 1.83. The van der Waals surface area contributed by atoms with Crippen molar-refractivity contribution in [3.05, 3.63) is 0 Å². The number of likely N-dealkylation sites (tertiary alicyclic amines) is 1. The first-order valence-electron chi connectivity index (χ1n) is 7.71. The number of hydrogen-bond acceptors (Lipinski definition) is 4. The monoisotopic (exact) mass is 298 g/mol. The first kappa shape index (κ1) is 16.2. The minimum atomic E-state index is -0.990. The predicted molar refractivity (Wildman–Crippen MR) is 77.5 cm³/mol. The Morgan fingerprint density at radius 1 is 1.57 bits per heavy atom. The Labute approximate surface area is 125 Å². The normalized spacial score (nSPS) is 33.0. The van der Waals surface area contributed by atoms with E-state index < -0.39 is 5.60 Å². The predicted octanol–water partition coefficient (Wildman–Crippen LogP) is 0.147. The van der Waals surface area contributed by atoms with Crippen LogP contribution in [0.15, 0.2) is 0 Å². The summed E-state index contributed by atoms with van der Waals surface area (Å²) in [7, 11) is 0. The second-order valence-corrected chi connectivity index (χ2v) is 6.68. The van der Waals surface area contributed by atoms with Crippen molar-refractivity contribution in [2.45, 2.75) is 45.3 Å². The zero-order valence-electron chi connectivity index (χ0n) is 13.1. The Bertz CT molecular complexity index is 412. The van der Waals surface area contributed by atoms with E-state index in [0.717, 1.165) is 0 Å². The number of nitrogens with one attached hydrogen (secondary N) is 1. The highest BCUT2D eigenvalue weighted by atomic mass is 16.5. The van der Waals surface area contributed by atoms with Gasteiger partial charge in [-0.3, -0.25) is 9.59 Å². The number of rotatable bonds is 5. The lowest BCUT2D eigenvalue weighted by atomic mass is 9.96. The maximum atomic E-state index is 12.2. The molecule has 0 radical (unpaired) electrons. The van der Waals surface area contributed by atoms with E-state index in [2.05, 4.69) is 19.2 Å². The van der Waals surface area contributed by atoms with Crippen molar-refractivity contribution >= 4 is 11.8 Å². The van der Waals surface area contributed by atoms with Gasteiger partial charge in [-0.15, -0.1) is 0 Å². The lowest BCUT2D eigenvalue weighted by Gasteiger charge is -2.26. The van der Waals surface area contributed by atoms with Gasteiger partial charge in [0.15, 0.2) is 0 Å². The number of nitrogens with zero attached hydrogens (tertiary/aromatic N) is 1. The number of ether oxygens (including phenoxy) is 1. The summed E-state index contributed by atoms with van der Waals surface area (Å²) in [5.41, 5.74) is -0.990. The fraction of sp³-hybridized carbons (Fsp3) is 0.867. The van der Waals surface area contributed by atoms with Gasteiger partial charge in [0.25, 0.3) is 0 Å². The van der Waals surface area contributed by atoms with E-state index in [4.69, 9.17) is 4.74 Å². The molecule has 2 aliphatic heterocycles. The second-order valence-electron chi connectivity index (χ2n) is 6.68. The Hall–Kier alpha value is -1.14. The molecule has 6 heteroatoms. The first-order valence-corrected chi connectivity index (χ1v) is 7.71. The van der Waals surface area contributed by atoms with Gasteiger partial charge in [0.1, 0.15) is 5.60 Å². The standard InChI is InChI=1S/C15H26N2O4/c1-10(2)7-17-8-12(6-13(17)18)14(19)16-9-15(20)4-5-21-11(15)3/h10-12,20H,4-9H2,1-3H3,(H,16,19). The smallest absolute Gasteiger partial charge is 0.225 e. The third kappa shape index (κ3) is 3.74. The zero-order chi connectivity index (χ0) is 15.6. The topological polar surface area (TPSA) is 78.9 Å². The van der Waals surface area contributed by atoms with E-state index in [9.17, 15) is 14.7 Å². The van der Waals surface area contributed by atoms with Gasteiger partial charge in [0, 0.05) is 39.1 Å². The SMILES string of the molecule is CC(C)CN1CC(C(=O)NCC2(O)CCOC2C)CC1=O. The van der Waals surface area contributed by atoms with Gasteiger partial charge in [-0.2, -0.15) is 0 Å². The van der Waals surface area contributed by atoms with Crippen LogP contribution in [0.3, 0.4) is 0 Å². The van der Waals surface area contributed by atoms with Crippen molar-refractivity contribution in [3.63, 3.8) is 0 Å². The van der Waals surface area contributed by atoms with Crippen LogP contribution < -0.4 is 5.32 Å².